The number of carbonyl (C=O) groups excluding carboxylic acids is 1. The third-order valence-corrected chi connectivity index (χ3v) is 5.68. The van der Waals surface area contributed by atoms with Gasteiger partial charge in [-0.05, 0) is 19.1 Å². The van der Waals surface area contributed by atoms with Crippen LogP contribution in [-0.2, 0) is 21.4 Å². The summed E-state index contributed by atoms with van der Waals surface area (Å²) in [7, 11) is -2.26. The van der Waals surface area contributed by atoms with Gasteiger partial charge in [-0.15, -0.1) is 11.3 Å². The van der Waals surface area contributed by atoms with Gasteiger partial charge in [-0.2, -0.15) is 4.31 Å². The number of hydrogen-bond acceptors (Lipinski definition) is 5. The zero-order valence-electron chi connectivity index (χ0n) is 12.3. The van der Waals surface area contributed by atoms with Crippen molar-refractivity contribution in [2.75, 3.05) is 13.6 Å². The molecule has 6 nitrogen and oxygen atoms in total. The van der Waals surface area contributed by atoms with E-state index < -0.39 is 10.0 Å². The van der Waals surface area contributed by atoms with Crippen LogP contribution in [0, 0.1) is 6.92 Å². The monoisotopic (exact) mass is 339 g/mol. The van der Waals surface area contributed by atoms with Crippen molar-refractivity contribution in [1.29, 1.82) is 0 Å². The highest BCUT2D eigenvalue weighted by Crippen LogP contribution is 2.13. The van der Waals surface area contributed by atoms with Gasteiger partial charge in [0, 0.05) is 18.1 Å². The molecular formula is C14H17N3O3S2. The first-order valence-electron chi connectivity index (χ1n) is 6.59. The van der Waals surface area contributed by atoms with E-state index in [0.29, 0.717) is 6.54 Å². The molecule has 0 saturated heterocycles. The fourth-order valence-electron chi connectivity index (χ4n) is 1.79. The van der Waals surface area contributed by atoms with Crippen LogP contribution in [0.25, 0.3) is 0 Å². The second-order valence-electron chi connectivity index (χ2n) is 4.70. The number of nitrogens with one attached hydrogen (secondary N) is 1. The van der Waals surface area contributed by atoms with Gasteiger partial charge in [0.15, 0.2) is 0 Å². The Morgan fingerprint density at radius 1 is 1.32 bits per heavy atom. The summed E-state index contributed by atoms with van der Waals surface area (Å²) >= 11 is 1.49. The third-order valence-electron chi connectivity index (χ3n) is 2.95. The van der Waals surface area contributed by atoms with Crippen LogP contribution in [0.4, 0.5) is 0 Å². The molecule has 0 radical (unpaired) electrons. The Labute approximate surface area is 133 Å². The Morgan fingerprint density at radius 3 is 2.59 bits per heavy atom. The van der Waals surface area contributed by atoms with Gasteiger partial charge in [0.25, 0.3) is 0 Å². The standard InChI is InChI=1S/C14H17N3O3S2/c1-11-15-8-12(21-11)9-16-14(18)10-17(2)22(19,20)13-6-4-3-5-7-13/h3-8H,9-10H2,1-2H3,(H,16,18). The number of benzene rings is 1. The van der Waals surface area contributed by atoms with Gasteiger partial charge in [0.05, 0.1) is 23.0 Å². The molecule has 0 atom stereocenters. The summed E-state index contributed by atoms with van der Waals surface area (Å²) in [6.07, 6.45) is 1.70. The van der Waals surface area contributed by atoms with E-state index in [1.165, 1.54) is 30.5 Å². The summed E-state index contributed by atoms with van der Waals surface area (Å²) in [5.74, 6) is -0.354. The summed E-state index contributed by atoms with van der Waals surface area (Å²) in [4.78, 5) is 17.1. The summed E-state index contributed by atoms with van der Waals surface area (Å²) in [6, 6.07) is 8.04. The van der Waals surface area contributed by atoms with Crippen LogP contribution in [0.1, 0.15) is 9.88 Å². The largest absolute Gasteiger partial charge is 0.350 e. The van der Waals surface area contributed by atoms with Gasteiger partial charge in [0.1, 0.15) is 0 Å². The molecule has 0 spiro atoms. The minimum absolute atomic E-state index is 0.170. The van der Waals surface area contributed by atoms with E-state index in [2.05, 4.69) is 10.3 Å². The molecule has 22 heavy (non-hydrogen) atoms. The fraction of sp³-hybridized carbons (Fsp3) is 0.286. The fourth-order valence-corrected chi connectivity index (χ4v) is 3.67. The van der Waals surface area contributed by atoms with Crippen molar-refractivity contribution >= 4 is 27.3 Å². The van der Waals surface area contributed by atoms with Crippen LogP contribution in [0.3, 0.4) is 0 Å². The molecule has 0 saturated carbocycles. The molecule has 0 aliphatic heterocycles. The van der Waals surface area contributed by atoms with E-state index in [0.717, 1.165) is 14.2 Å². The van der Waals surface area contributed by atoms with E-state index >= 15 is 0 Å². The molecule has 1 heterocycles. The second-order valence-corrected chi connectivity index (χ2v) is 8.06. The Morgan fingerprint density at radius 2 is 2.00 bits per heavy atom. The molecule has 1 aromatic heterocycles. The van der Waals surface area contributed by atoms with Gasteiger partial charge in [-0.25, -0.2) is 13.4 Å². The average Bonchev–Trinajstić information content (AvgIpc) is 2.91. The van der Waals surface area contributed by atoms with Crippen LogP contribution in [-0.4, -0.2) is 37.2 Å². The molecule has 1 N–H and O–H groups in total. The van der Waals surface area contributed by atoms with Crippen molar-refractivity contribution in [2.45, 2.75) is 18.4 Å². The second kappa shape index (κ2) is 6.99. The van der Waals surface area contributed by atoms with E-state index in [-0.39, 0.29) is 17.3 Å². The Kier molecular flexibility index (Phi) is 5.28. The topological polar surface area (TPSA) is 79.4 Å². The molecule has 2 rings (SSSR count). The number of amides is 1. The predicted molar refractivity (Wildman–Crippen MR) is 85.0 cm³/mol. The minimum Gasteiger partial charge on any atom is -0.350 e. The number of aryl methyl sites for hydroxylation is 1. The molecule has 0 bridgehead atoms. The van der Waals surface area contributed by atoms with Crippen molar-refractivity contribution in [3.8, 4) is 0 Å². The normalized spacial score (nSPS) is 11.6. The van der Waals surface area contributed by atoms with Crippen molar-refractivity contribution in [3.63, 3.8) is 0 Å². The number of hydrogen-bond donors (Lipinski definition) is 1. The third kappa shape index (κ3) is 4.12. The van der Waals surface area contributed by atoms with Crippen molar-refractivity contribution in [3.05, 3.63) is 46.4 Å². The lowest BCUT2D eigenvalue weighted by Crippen LogP contribution is -2.38. The first-order chi connectivity index (χ1) is 10.4. The first-order valence-corrected chi connectivity index (χ1v) is 8.84. The summed E-state index contributed by atoms with van der Waals surface area (Å²) in [5.41, 5.74) is 0. The zero-order chi connectivity index (χ0) is 16.2. The lowest BCUT2D eigenvalue weighted by atomic mass is 10.4. The van der Waals surface area contributed by atoms with Gasteiger partial charge < -0.3 is 5.32 Å². The molecule has 0 unspecified atom stereocenters. The molecule has 8 heteroatoms. The zero-order valence-corrected chi connectivity index (χ0v) is 13.9. The quantitative estimate of drug-likeness (QED) is 0.862. The maximum Gasteiger partial charge on any atom is 0.243 e. The van der Waals surface area contributed by atoms with Crippen molar-refractivity contribution in [1.82, 2.24) is 14.6 Å². The maximum atomic E-state index is 12.3. The highest BCUT2D eigenvalue weighted by Gasteiger charge is 2.22. The molecular weight excluding hydrogens is 322 g/mol. The van der Waals surface area contributed by atoms with Crippen LogP contribution in [0.2, 0.25) is 0 Å². The molecule has 2 aromatic rings. The molecule has 1 amide bonds. The van der Waals surface area contributed by atoms with E-state index in [1.54, 1.807) is 24.4 Å². The lowest BCUT2D eigenvalue weighted by molar-refractivity contribution is -0.121. The average molecular weight is 339 g/mol. The molecule has 0 aliphatic carbocycles. The number of nitrogens with zero attached hydrogens (tertiary/aromatic N) is 2. The van der Waals surface area contributed by atoms with Gasteiger partial charge in [-0.1, -0.05) is 18.2 Å². The minimum atomic E-state index is -3.65. The van der Waals surface area contributed by atoms with Crippen LogP contribution < -0.4 is 5.32 Å². The number of sulfonamides is 1. The van der Waals surface area contributed by atoms with Crippen LogP contribution in [0.15, 0.2) is 41.4 Å². The Bertz CT molecular complexity index is 742. The number of rotatable bonds is 6. The number of carbonyl (C=O) groups is 1. The molecule has 1 aromatic carbocycles. The first kappa shape index (κ1) is 16.6. The molecule has 118 valence electrons. The van der Waals surface area contributed by atoms with Gasteiger partial charge >= 0.3 is 0 Å². The van der Waals surface area contributed by atoms with Crippen LogP contribution in [0.5, 0.6) is 0 Å². The van der Waals surface area contributed by atoms with E-state index in [9.17, 15) is 13.2 Å². The summed E-state index contributed by atoms with van der Waals surface area (Å²) < 4.78 is 25.6. The number of thiazole rings is 1. The van der Waals surface area contributed by atoms with E-state index in [4.69, 9.17) is 0 Å². The Hall–Kier alpha value is -1.77. The maximum absolute atomic E-state index is 12.3. The number of likely N-dealkylation sites (N-methyl/N-ethyl adjacent to an activating group) is 1. The molecule has 0 aliphatic rings. The predicted octanol–water partition coefficient (Wildman–Crippen LogP) is 1.39. The lowest BCUT2D eigenvalue weighted by Gasteiger charge is -2.16. The van der Waals surface area contributed by atoms with Crippen molar-refractivity contribution < 1.29 is 13.2 Å². The Balaban J connectivity index is 1.93. The smallest absolute Gasteiger partial charge is 0.243 e. The highest BCUT2D eigenvalue weighted by atomic mass is 32.2. The van der Waals surface area contributed by atoms with E-state index in [1.807, 2.05) is 6.92 Å². The molecule has 0 fully saturated rings. The highest BCUT2D eigenvalue weighted by molar-refractivity contribution is 7.89. The van der Waals surface area contributed by atoms with Gasteiger partial charge in [-0.3, -0.25) is 4.79 Å². The summed E-state index contributed by atoms with van der Waals surface area (Å²) in [5, 5.41) is 3.62. The van der Waals surface area contributed by atoms with Gasteiger partial charge in [0.2, 0.25) is 15.9 Å². The number of aromatic nitrogens is 1. The van der Waals surface area contributed by atoms with Crippen molar-refractivity contribution in [2.24, 2.45) is 0 Å². The summed E-state index contributed by atoms with van der Waals surface area (Å²) in [6.45, 7) is 2.01. The SMILES string of the molecule is Cc1ncc(CNC(=O)CN(C)S(=O)(=O)c2ccccc2)s1. The van der Waals surface area contributed by atoms with Crippen LogP contribution >= 0.6 is 11.3 Å².